The first-order chi connectivity index (χ1) is 14.5. The summed E-state index contributed by atoms with van der Waals surface area (Å²) in [6.45, 7) is 8.37. The maximum Gasteiger partial charge on any atom is 0.322 e. The Balaban J connectivity index is 1.47. The molecule has 6 heteroatoms. The molecule has 1 aliphatic heterocycles. The molecule has 0 unspecified atom stereocenters. The highest BCUT2D eigenvalue weighted by molar-refractivity contribution is 5.89. The number of carbonyl (C=O) groups excluding carboxylic acids is 1. The molecule has 3 rings (SSSR count). The molecule has 0 bridgehead atoms. The summed E-state index contributed by atoms with van der Waals surface area (Å²) in [4.78, 5) is 17.1. The van der Waals surface area contributed by atoms with E-state index < -0.39 is 0 Å². The number of hydrogen-bond acceptors (Lipinski definition) is 4. The number of benzene rings is 2. The summed E-state index contributed by atoms with van der Waals surface area (Å²) >= 11 is 0. The summed E-state index contributed by atoms with van der Waals surface area (Å²) in [6.07, 6.45) is 0. The monoisotopic (exact) mass is 411 g/mol. The molecule has 162 valence electrons. The van der Waals surface area contributed by atoms with E-state index in [9.17, 15) is 4.79 Å². The molecular weight excluding hydrogens is 378 g/mol. The van der Waals surface area contributed by atoms with E-state index in [-0.39, 0.29) is 12.1 Å². The lowest BCUT2D eigenvalue weighted by atomic mass is 10.0. The van der Waals surface area contributed by atoms with E-state index in [4.69, 9.17) is 9.47 Å². The van der Waals surface area contributed by atoms with Crippen molar-refractivity contribution >= 4 is 11.7 Å². The summed E-state index contributed by atoms with van der Waals surface area (Å²) in [5.41, 5.74) is 1.81. The number of ether oxygens (including phenoxy) is 2. The molecule has 1 fully saturated rings. The van der Waals surface area contributed by atoms with Crippen LogP contribution in [0.5, 0.6) is 5.75 Å². The Morgan fingerprint density at radius 3 is 2.67 bits per heavy atom. The fraction of sp³-hybridized carbons (Fsp3) is 0.458. The van der Waals surface area contributed by atoms with Gasteiger partial charge in [-0.25, -0.2) is 4.79 Å². The third-order valence-electron chi connectivity index (χ3n) is 5.34. The highest BCUT2D eigenvalue weighted by Gasteiger charge is 2.31. The number of nitrogens with one attached hydrogen (secondary N) is 1. The number of amides is 2. The van der Waals surface area contributed by atoms with Crippen LogP contribution in [0.1, 0.15) is 19.4 Å². The molecule has 30 heavy (non-hydrogen) atoms. The second-order valence-electron chi connectivity index (χ2n) is 8.11. The van der Waals surface area contributed by atoms with Gasteiger partial charge < -0.3 is 24.6 Å². The fourth-order valence-corrected chi connectivity index (χ4v) is 3.64. The molecular formula is C24H33N3O3. The minimum absolute atomic E-state index is 0.0314. The van der Waals surface area contributed by atoms with Crippen LogP contribution in [-0.4, -0.2) is 61.8 Å². The normalized spacial score (nSPS) is 17.2. The van der Waals surface area contributed by atoms with Crippen molar-refractivity contribution in [1.82, 2.24) is 9.80 Å². The van der Waals surface area contributed by atoms with Crippen LogP contribution in [0.15, 0.2) is 54.6 Å². The van der Waals surface area contributed by atoms with Gasteiger partial charge in [0.15, 0.2) is 0 Å². The first-order valence-corrected chi connectivity index (χ1v) is 10.6. The summed E-state index contributed by atoms with van der Waals surface area (Å²) in [5, 5.41) is 3.06. The highest BCUT2D eigenvalue weighted by Crippen LogP contribution is 2.19. The van der Waals surface area contributed by atoms with Gasteiger partial charge in [0, 0.05) is 31.4 Å². The number of likely N-dealkylation sites (N-methyl/N-ethyl adjacent to an activating group) is 1. The number of para-hydroxylation sites is 1. The predicted molar refractivity (Wildman–Crippen MR) is 120 cm³/mol. The average molecular weight is 412 g/mol. The Morgan fingerprint density at radius 1 is 1.10 bits per heavy atom. The SMILES string of the molecule is CC(C)[C@@H]1CN(C)CCN1C(=O)Nc1cccc(COCCOc2ccccc2)c1. The molecule has 0 aromatic heterocycles. The van der Waals surface area contributed by atoms with Gasteiger partial charge in [-0.05, 0) is 42.8 Å². The number of hydrogen-bond donors (Lipinski definition) is 1. The minimum Gasteiger partial charge on any atom is -0.491 e. The van der Waals surface area contributed by atoms with Crippen LogP contribution < -0.4 is 10.1 Å². The van der Waals surface area contributed by atoms with Gasteiger partial charge in [-0.2, -0.15) is 0 Å². The summed E-state index contributed by atoms with van der Waals surface area (Å²) < 4.78 is 11.4. The molecule has 2 amide bonds. The van der Waals surface area contributed by atoms with Crippen LogP contribution in [0.4, 0.5) is 10.5 Å². The zero-order valence-corrected chi connectivity index (χ0v) is 18.2. The maximum absolute atomic E-state index is 12.9. The van der Waals surface area contributed by atoms with Crippen molar-refractivity contribution in [1.29, 1.82) is 0 Å². The quantitative estimate of drug-likeness (QED) is 0.665. The zero-order valence-electron chi connectivity index (χ0n) is 18.2. The Hall–Kier alpha value is -2.57. The van der Waals surface area contributed by atoms with Gasteiger partial charge in [-0.1, -0.05) is 44.2 Å². The van der Waals surface area contributed by atoms with Crippen molar-refractivity contribution in [3.63, 3.8) is 0 Å². The van der Waals surface area contributed by atoms with Gasteiger partial charge in [0.25, 0.3) is 0 Å². The maximum atomic E-state index is 12.9. The number of urea groups is 1. The molecule has 0 saturated carbocycles. The Bertz CT molecular complexity index is 797. The average Bonchev–Trinajstić information content (AvgIpc) is 2.74. The number of nitrogens with zero attached hydrogens (tertiary/aromatic N) is 2. The lowest BCUT2D eigenvalue weighted by Crippen LogP contribution is -2.57. The molecule has 2 aromatic rings. The van der Waals surface area contributed by atoms with Crippen molar-refractivity contribution in [2.45, 2.75) is 26.5 Å². The first-order valence-electron chi connectivity index (χ1n) is 10.6. The second kappa shape index (κ2) is 11.0. The van der Waals surface area contributed by atoms with E-state index in [1.807, 2.05) is 59.5 Å². The molecule has 2 aromatic carbocycles. The second-order valence-corrected chi connectivity index (χ2v) is 8.11. The number of rotatable bonds is 8. The van der Waals surface area contributed by atoms with Gasteiger partial charge >= 0.3 is 6.03 Å². The van der Waals surface area contributed by atoms with Gasteiger partial charge in [0.1, 0.15) is 12.4 Å². The molecule has 1 atom stereocenters. The zero-order chi connectivity index (χ0) is 21.3. The number of carbonyl (C=O) groups is 1. The third-order valence-corrected chi connectivity index (χ3v) is 5.34. The minimum atomic E-state index is -0.0314. The molecule has 6 nitrogen and oxygen atoms in total. The smallest absolute Gasteiger partial charge is 0.322 e. The van der Waals surface area contributed by atoms with E-state index in [0.29, 0.717) is 25.7 Å². The van der Waals surface area contributed by atoms with Crippen LogP contribution in [0, 0.1) is 5.92 Å². The number of piperazine rings is 1. The standard InChI is InChI=1S/C24H33N3O3/c1-19(2)23-17-26(3)12-13-27(23)24(28)25-21-9-7-8-20(16-21)18-29-14-15-30-22-10-5-4-6-11-22/h4-11,16,19,23H,12-15,17-18H2,1-3H3,(H,25,28)/t23-/m0/s1. The van der Waals surface area contributed by atoms with Crippen LogP contribution >= 0.6 is 0 Å². The Labute approximate surface area is 179 Å². The fourth-order valence-electron chi connectivity index (χ4n) is 3.64. The molecule has 0 spiro atoms. The molecule has 0 radical (unpaired) electrons. The first kappa shape index (κ1) is 22.1. The summed E-state index contributed by atoms with van der Waals surface area (Å²) in [7, 11) is 2.11. The third kappa shape index (κ3) is 6.47. The van der Waals surface area contributed by atoms with Crippen molar-refractivity contribution in [2.75, 3.05) is 45.2 Å². The molecule has 1 heterocycles. The number of anilines is 1. The van der Waals surface area contributed by atoms with Gasteiger partial charge in [-0.15, -0.1) is 0 Å². The molecule has 1 N–H and O–H groups in total. The Morgan fingerprint density at radius 2 is 1.90 bits per heavy atom. The van der Waals surface area contributed by atoms with Gasteiger partial charge in [-0.3, -0.25) is 0 Å². The van der Waals surface area contributed by atoms with Crippen molar-refractivity contribution in [2.24, 2.45) is 5.92 Å². The van der Waals surface area contributed by atoms with Crippen LogP contribution in [0.25, 0.3) is 0 Å². The van der Waals surface area contributed by atoms with Crippen molar-refractivity contribution in [3.8, 4) is 5.75 Å². The van der Waals surface area contributed by atoms with Crippen molar-refractivity contribution < 1.29 is 14.3 Å². The topological polar surface area (TPSA) is 54.0 Å². The lowest BCUT2D eigenvalue weighted by Gasteiger charge is -2.42. The summed E-state index contributed by atoms with van der Waals surface area (Å²) in [5.74, 6) is 1.26. The molecule has 1 saturated heterocycles. The lowest BCUT2D eigenvalue weighted by molar-refractivity contribution is 0.0889. The van der Waals surface area contributed by atoms with E-state index >= 15 is 0 Å². The van der Waals surface area contributed by atoms with Crippen LogP contribution in [0.3, 0.4) is 0 Å². The van der Waals surface area contributed by atoms with Gasteiger partial charge in [0.2, 0.25) is 0 Å². The molecule has 1 aliphatic rings. The molecule has 0 aliphatic carbocycles. The van der Waals surface area contributed by atoms with Crippen LogP contribution in [-0.2, 0) is 11.3 Å². The predicted octanol–water partition coefficient (Wildman–Crippen LogP) is 4.09. The van der Waals surface area contributed by atoms with E-state index in [2.05, 4.69) is 31.1 Å². The largest absolute Gasteiger partial charge is 0.491 e. The van der Waals surface area contributed by atoms with Crippen molar-refractivity contribution in [3.05, 3.63) is 60.2 Å². The highest BCUT2D eigenvalue weighted by atomic mass is 16.5. The van der Waals surface area contributed by atoms with Crippen LogP contribution in [0.2, 0.25) is 0 Å². The van der Waals surface area contributed by atoms with E-state index in [0.717, 1.165) is 36.6 Å². The van der Waals surface area contributed by atoms with Gasteiger partial charge in [0.05, 0.1) is 13.2 Å². The van der Waals surface area contributed by atoms with E-state index in [1.165, 1.54) is 0 Å². The summed E-state index contributed by atoms with van der Waals surface area (Å²) in [6, 6.07) is 17.7. The Kier molecular flexibility index (Phi) is 8.11. The van der Waals surface area contributed by atoms with E-state index in [1.54, 1.807) is 0 Å².